The molecule has 0 aromatic rings. The lowest BCUT2D eigenvalue weighted by molar-refractivity contribution is -0.146. The molecule has 19 heavy (non-hydrogen) atoms. The number of hydrogen-bond acceptors (Lipinski definition) is 3. The summed E-state index contributed by atoms with van der Waals surface area (Å²) in [5, 5.41) is 0. The van der Waals surface area contributed by atoms with Gasteiger partial charge in [-0.15, -0.1) is 0 Å². The smallest absolute Gasteiger partial charge is 0.223 e. The Bertz CT molecular complexity index is 309. The van der Waals surface area contributed by atoms with Gasteiger partial charge < -0.3 is 15.4 Å². The van der Waals surface area contributed by atoms with E-state index in [9.17, 15) is 4.79 Å². The summed E-state index contributed by atoms with van der Waals surface area (Å²) < 4.78 is 5.46. The Morgan fingerprint density at radius 1 is 1.32 bits per heavy atom. The molecule has 0 unspecified atom stereocenters. The van der Waals surface area contributed by atoms with E-state index in [-0.39, 0.29) is 5.54 Å². The number of hydrogen-bond donors (Lipinski definition) is 1. The number of nitrogens with zero attached hydrogens (tertiary/aromatic N) is 1. The molecule has 2 rings (SSSR count). The van der Waals surface area contributed by atoms with Gasteiger partial charge in [-0.3, -0.25) is 4.79 Å². The number of carbonyl (C=O) groups excluding carboxylic acids is 1. The third kappa shape index (κ3) is 3.93. The van der Waals surface area contributed by atoms with Crippen molar-refractivity contribution in [3.05, 3.63) is 0 Å². The minimum absolute atomic E-state index is 0.149. The van der Waals surface area contributed by atoms with Crippen LogP contribution in [0.15, 0.2) is 0 Å². The van der Waals surface area contributed by atoms with Gasteiger partial charge in [-0.2, -0.15) is 0 Å². The van der Waals surface area contributed by atoms with Crippen molar-refractivity contribution in [2.45, 2.75) is 64.0 Å². The van der Waals surface area contributed by atoms with Crippen molar-refractivity contribution in [2.75, 3.05) is 19.8 Å². The van der Waals surface area contributed by atoms with Gasteiger partial charge in [0, 0.05) is 19.0 Å². The van der Waals surface area contributed by atoms with Crippen LogP contribution in [-0.4, -0.2) is 42.1 Å². The van der Waals surface area contributed by atoms with Crippen LogP contribution in [0.3, 0.4) is 0 Å². The highest BCUT2D eigenvalue weighted by molar-refractivity contribution is 5.77. The number of amides is 1. The number of carbonyl (C=O) groups is 1. The lowest BCUT2D eigenvalue weighted by atomic mass is 9.83. The molecule has 0 bridgehead atoms. The van der Waals surface area contributed by atoms with E-state index < -0.39 is 0 Å². The van der Waals surface area contributed by atoms with Crippen LogP contribution in [-0.2, 0) is 9.53 Å². The predicted octanol–water partition coefficient (Wildman–Crippen LogP) is 1.92. The Kier molecular flexibility index (Phi) is 4.85. The van der Waals surface area contributed by atoms with Gasteiger partial charge in [0.15, 0.2) is 0 Å². The van der Waals surface area contributed by atoms with Crippen molar-refractivity contribution >= 4 is 5.91 Å². The Labute approximate surface area is 116 Å². The van der Waals surface area contributed by atoms with Crippen LogP contribution >= 0.6 is 0 Å². The largest absolute Gasteiger partial charge is 0.377 e. The second-order valence-electron chi connectivity index (χ2n) is 6.73. The van der Waals surface area contributed by atoms with Crippen molar-refractivity contribution in [2.24, 2.45) is 11.7 Å². The van der Waals surface area contributed by atoms with Crippen molar-refractivity contribution < 1.29 is 9.53 Å². The van der Waals surface area contributed by atoms with E-state index in [1.54, 1.807) is 0 Å². The number of rotatable bonds is 3. The Morgan fingerprint density at radius 2 is 2.00 bits per heavy atom. The van der Waals surface area contributed by atoms with Crippen molar-refractivity contribution in [3.8, 4) is 0 Å². The zero-order valence-corrected chi connectivity index (χ0v) is 12.4. The molecule has 1 aliphatic heterocycles. The molecule has 1 amide bonds. The van der Waals surface area contributed by atoms with Crippen LogP contribution < -0.4 is 5.73 Å². The molecule has 1 heterocycles. The molecule has 0 radical (unpaired) electrons. The molecule has 2 fully saturated rings. The van der Waals surface area contributed by atoms with Gasteiger partial charge >= 0.3 is 0 Å². The number of nitrogens with two attached hydrogens (primary N) is 1. The molecule has 0 aromatic heterocycles. The average Bonchev–Trinajstić information content (AvgIpc) is 2.37. The summed E-state index contributed by atoms with van der Waals surface area (Å²) >= 11 is 0. The first-order chi connectivity index (χ1) is 8.99. The highest BCUT2D eigenvalue weighted by atomic mass is 16.5. The predicted molar refractivity (Wildman–Crippen MR) is 75.8 cm³/mol. The fourth-order valence-electron chi connectivity index (χ4n) is 3.26. The van der Waals surface area contributed by atoms with Crippen LogP contribution in [0.5, 0.6) is 0 Å². The Hall–Kier alpha value is -0.610. The van der Waals surface area contributed by atoms with Crippen molar-refractivity contribution in [1.29, 1.82) is 0 Å². The molecule has 110 valence electrons. The van der Waals surface area contributed by atoms with Crippen LogP contribution in [0, 0.1) is 5.92 Å². The van der Waals surface area contributed by atoms with Gasteiger partial charge in [-0.25, -0.2) is 0 Å². The monoisotopic (exact) mass is 268 g/mol. The quantitative estimate of drug-likeness (QED) is 0.851. The highest BCUT2D eigenvalue weighted by Gasteiger charge is 2.34. The summed E-state index contributed by atoms with van der Waals surface area (Å²) in [5.74, 6) is 0.996. The molecular formula is C15H28N2O2. The SMILES string of the molecule is CC1(C)COCCN1C(=O)CCC1CCC(N)CC1. The third-order valence-electron chi connectivity index (χ3n) is 4.60. The molecule has 4 nitrogen and oxygen atoms in total. The zero-order valence-electron chi connectivity index (χ0n) is 12.4. The number of morpholine rings is 1. The minimum atomic E-state index is -0.149. The first-order valence-electron chi connectivity index (χ1n) is 7.63. The molecule has 2 N–H and O–H groups in total. The summed E-state index contributed by atoms with van der Waals surface area (Å²) in [6, 6.07) is 0.394. The molecule has 0 atom stereocenters. The average molecular weight is 268 g/mol. The Morgan fingerprint density at radius 3 is 2.63 bits per heavy atom. The fourth-order valence-corrected chi connectivity index (χ4v) is 3.26. The maximum atomic E-state index is 12.4. The van der Waals surface area contributed by atoms with E-state index in [4.69, 9.17) is 10.5 Å². The summed E-state index contributed by atoms with van der Waals surface area (Å²) in [7, 11) is 0. The molecule has 1 saturated carbocycles. The van der Waals surface area contributed by atoms with Gasteiger partial charge in [0.25, 0.3) is 0 Å². The number of ether oxygens (including phenoxy) is 1. The first-order valence-corrected chi connectivity index (χ1v) is 7.63. The first kappa shape index (κ1) is 14.8. The van der Waals surface area contributed by atoms with Crippen LogP contribution in [0.4, 0.5) is 0 Å². The Balaban J connectivity index is 1.77. The van der Waals surface area contributed by atoms with Gasteiger partial charge in [0.1, 0.15) is 0 Å². The fraction of sp³-hybridized carbons (Fsp3) is 0.933. The summed E-state index contributed by atoms with van der Waals surface area (Å²) in [5.41, 5.74) is 5.77. The van der Waals surface area contributed by atoms with Gasteiger partial charge in [-0.05, 0) is 51.9 Å². The second kappa shape index (κ2) is 6.23. The molecule has 0 spiro atoms. The van der Waals surface area contributed by atoms with Crippen molar-refractivity contribution in [3.63, 3.8) is 0 Å². The topological polar surface area (TPSA) is 55.6 Å². The van der Waals surface area contributed by atoms with Gasteiger partial charge in [0.2, 0.25) is 5.91 Å². The molecule has 4 heteroatoms. The molecule has 1 aliphatic carbocycles. The second-order valence-corrected chi connectivity index (χ2v) is 6.73. The lowest BCUT2D eigenvalue weighted by Gasteiger charge is -2.42. The van der Waals surface area contributed by atoms with Gasteiger partial charge in [-0.1, -0.05) is 0 Å². The third-order valence-corrected chi connectivity index (χ3v) is 4.60. The maximum absolute atomic E-state index is 12.4. The highest BCUT2D eigenvalue weighted by Crippen LogP contribution is 2.28. The van der Waals surface area contributed by atoms with E-state index in [0.717, 1.165) is 25.8 Å². The summed E-state index contributed by atoms with van der Waals surface area (Å²) in [6.07, 6.45) is 6.36. The van der Waals surface area contributed by atoms with E-state index in [1.165, 1.54) is 12.8 Å². The molecule has 1 saturated heterocycles. The van der Waals surface area contributed by atoms with Crippen LogP contribution in [0.2, 0.25) is 0 Å². The molecule has 2 aliphatic rings. The molecular weight excluding hydrogens is 240 g/mol. The van der Waals surface area contributed by atoms with E-state index in [1.807, 2.05) is 4.90 Å². The van der Waals surface area contributed by atoms with Crippen molar-refractivity contribution in [1.82, 2.24) is 4.90 Å². The van der Waals surface area contributed by atoms with E-state index in [0.29, 0.717) is 37.5 Å². The lowest BCUT2D eigenvalue weighted by Crippen LogP contribution is -2.55. The normalized spacial score (nSPS) is 31.2. The maximum Gasteiger partial charge on any atom is 0.223 e. The van der Waals surface area contributed by atoms with E-state index in [2.05, 4.69) is 13.8 Å². The molecule has 0 aromatic carbocycles. The summed E-state index contributed by atoms with van der Waals surface area (Å²) in [4.78, 5) is 14.4. The minimum Gasteiger partial charge on any atom is -0.377 e. The van der Waals surface area contributed by atoms with Crippen LogP contribution in [0.1, 0.15) is 52.4 Å². The standard InChI is InChI=1S/C15H28N2O2/c1-15(2)11-19-10-9-17(15)14(18)8-5-12-3-6-13(16)7-4-12/h12-13H,3-11,16H2,1-2H3. The summed E-state index contributed by atoms with van der Waals surface area (Å²) in [6.45, 7) is 6.24. The van der Waals surface area contributed by atoms with Crippen LogP contribution in [0.25, 0.3) is 0 Å². The zero-order chi connectivity index (χ0) is 13.9. The van der Waals surface area contributed by atoms with E-state index >= 15 is 0 Å². The van der Waals surface area contributed by atoms with Gasteiger partial charge in [0.05, 0.1) is 18.8 Å².